The number of nitrogens with two attached hydrogens (primary N) is 1. The molecule has 0 radical (unpaired) electrons. The average molecular weight is 263 g/mol. The van der Waals surface area contributed by atoms with Crippen molar-refractivity contribution in [2.24, 2.45) is 23.3 Å². The smallest absolute Gasteiger partial charge is 0.223 e. The van der Waals surface area contributed by atoms with Crippen molar-refractivity contribution in [2.75, 3.05) is 5.62 Å². The van der Waals surface area contributed by atoms with Crippen LogP contribution in [-0.2, 0) is 4.57 Å². The quantitative estimate of drug-likeness (QED) is 0.607. The molecule has 0 saturated heterocycles. The van der Waals surface area contributed by atoms with Crippen molar-refractivity contribution in [3.8, 4) is 0 Å². The molecule has 16 heavy (non-hydrogen) atoms. The lowest BCUT2D eigenvalue weighted by Gasteiger charge is -2.57. The van der Waals surface area contributed by atoms with Gasteiger partial charge in [0, 0.05) is 5.54 Å². The van der Waals surface area contributed by atoms with Crippen LogP contribution in [0.15, 0.2) is 0 Å². The maximum atomic E-state index is 12.0. The third-order valence-electron chi connectivity index (χ3n) is 4.64. The van der Waals surface area contributed by atoms with Crippen LogP contribution in [0.5, 0.6) is 0 Å². The minimum absolute atomic E-state index is 0.0503. The van der Waals surface area contributed by atoms with E-state index in [9.17, 15) is 4.57 Å². The van der Waals surface area contributed by atoms with E-state index in [4.69, 9.17) is 17.1 Å². The fourth-order valence-electron chi connectivity index (χ4n) is 4.68. The molecular formula is C11H20ClN2OP. The summed E-state index contributed by atoms with van der Waals surface area (Å²) < 4.78 is 12.0. The predicted molar refractivity (Wildman–Crippen MR) is 66.6 cm³/mol. The number of rotatable bonds is 3. The second kappa shape index (κ2) is 3.71. The van der Waals surface area contributed by atoms with Crippen molar-refractivity contribution in [2.45, 2.75) is 44.1 Å². The third kappa shape index (κ3) is 1.96. The van der Waals surface area contributed by atoms with Gasteiger partial charge in [-0.1, -0.05) is 0 Å². The predicted octanol–water partition coefficient (Wildman–Crippen LogP) is 2.89. The first-order valence-electron chi connectivity index (χ1n) is 6.23. The molecule has 5 heteroatoms. The van der Waals surface area contributed by atoms with Crippen molar-refractivity contribution in [3.05, 3.63) is 0 Å². The van der Waals surface area contributed by atoms with Crippen molar-refractivity contribution in [3.63, 3.8) is 0 Å². The van der Waals surface area contributed by atoms with Gasteiger partial charge in [0.25, 0.3) is 0 Å². The van der Waals surface area contributed by atoms with Gasteiger partial charge in [-0.05, 0) is 56.3 Å². The fourth-order valence-corrected chi connectivity index (χ4v) is 5.99. The van der Waals surface area contributed by atoms with E-state index in [1.807, 2.05) is 0 Å². The summed E-state index contributed by atoms with van der Waals surface area (Å²) in [4.78, 5) is 0. The highest BCUT2D eigenvalue weighted by Gasteiger charge is 2.52. The van der Waals surface area contributed by atoms with Gasteiger partial charge in [-0.25, -0.2) is 5.09 Å². The molecule has 4 saturated carbocycles. The lowest BCUT2D eigenvalue weighted by atomic mass is 9.53. The van der Waals surface area contributed by atoms with Gasteiger partial charge >= 0.3 is 0 Å². The Hall–Kier alpha value is 0.440. The summed E-state index contributed by atoms with van der Waals surface area (Å²) in [5, 5.41) is 3.25. The Balaban J connectivity index is 1.81. The topological polar surface area (TPSA) is 55.1 Å². The maximum absolute atomic E-state index is 12.0. The summed E-state index contributed by atoms with van der Waals surface area (Å²) in [6.45, 7) is 0. The Morgan fingerprint density at radius 3 is 2.00 bits per heavy atom. The molecule has 4 fully saturated rings. The largest absolute Gasteiger partial charge is 0.288 e. The normalized spacial score (nSPS) is 49.2. The Kier molecular flexibility index (Phi) is 2.68. The summed E-state index contributed by atoms with van der Waals surface area (Å²) in [6, 6.07) is 0. The first-order chi connectivity index (χ1) is 7.50. The lowest BCUT2D eigenvalue weighted by Crippen LogP contribution is -2.57. The molecule has 1 unspecified atom stereocenters. The zero-order chi connectivity index (χ0) is 11.4. The van der Waals surface area contributed by atoms with Gasteiger partial charge in [0.2, 0.25) is 7.44 Å². The van der Waals surface area contributed by atoms with E-state index in [2.05, 4.69) is 5.09 Å². The molecule has 0 amide bonds. The van der Waals surface area contributed by atoms with E-state index in [-0.39, 0.29) is 11.2 Å². The third-order valence-corrected chi connectivity index (χ3v) is 6.92. The van der Waals surface area contributed by atoms with E-state index in [0.29, 0.717) is 0 Å². The monoisotopic (exact) mass is 262 g/mol. The Labute approximate surface area is 102 Å². The maximum Gasteiger partial charge on any atom is 0.223 e. The Bertz CT molecular complexity index is 312. The minimum atomic E-state index is -2.81. The van der Waals surface area contributed by atoms with Gasteiger partial charge in [-0.3, -0.25) is 10.1 Å². The number of nitrogens with one attached hydrogen (secondary N) is 1. The molecule has 0 aliphatic heterocycles. The highest BCUT2D eigenvalue weighted by Crippen LogP contribution is 2.57. The molecule has 0 aromatic heterocycles. The molecule has 4 aliphatic rings. The summed E-state index contributed by atoms with van der Waals surface area (Å²) in [5.41, 5.74) is 5.86. The number of halogens is 1. The van der Waals surface area contributed by atoms with Crippen LogP contribution >= 0.6 is 19.0 Å². The molecule has 3 nitrogen and oxygen atoms in total. The zero-order valence-corrected chi connectivity index (χ0v) is 11.1. The van der Waals surface area contributed by atoms with Crippen LogP contribution in [0.1, 0.15) is 38.5 Å². The summed E-state index contributed by atoms with van der Waals surface area (Å²) in [5.74, 6) is 2.53. The van der Waals surface area contributed by atoms with Crippen LogP contribution in [0, 0.1) is 17.8 Å². The number of hydrogen-bond acceptors (Lipinski definition) is 1. The second-order valence-corrected chi connectivity index (χ2v) is 9.00. The average Bonchev–Trinajstić information content (AvgIpc) is 2.13. The Morgan fingerprint density at radius 1 is 1.19 bits per heavy atom. The highest BCUT2D eigenvalue weighted by atomic mass is 35.5. The minimum Gasteiger partial charge on any atom is -0.288 e. The summed E-state index contributed by atoms with van der Waals surface area (Å²) in [7, 11) is -2.81. The van der Waals surface area contributed by atoms with E-state index >= 15 is 0 Å². The van der Waals surface area contributed by atoms with Crippen LogP contribution in [0.3, 0.4) is 0 Å². The summed E-state index contributed by atoms with van der Waals surface area (Å²) >= 11 is 5.68. The second-order valence-electron chi connectivity index (χ2n) is 6.22. The van der Waals surface area contributed by atoms with E-state index in [1.165, 1.54) is 19.3 Å². The van der Waals surface area contributed by atoms with Gasteiger partial charge in [0.1, 0.15) is 5.62 Å². The SMILES string of the molecule is NP(=O)(CCl)NC12CC3CC(CC(C3)C1)C2. The van der Waals surface area contributed by atoms with E-state index in [1.54, 1.807) is 0 Å². The first-order valence-corrected chi connectivity index (χ1v) is 8.73. The molecule has 0 aromatic carbocycles. The Morgan fingerprint density at radius 2 is 1.62 bits per heavy atom. The molecule has 92 valence electrons. The van der Waals surface area contributed by atoms with Crippen LogP contribution in [0.2, 0.25) is 0 Å². The van der Waals surface area contributed by atoms with Gasteiger partial charge in [-0.2, -0.15) is 0 Å². The van der Waals surface area contributed by atoms with Gasteiger partial charge in [0.05, 0.1) is 0 Å². The zero-order valence-electron chi connectivity index (χ0n) is 9.49. The molecule has 4 aliphatic carbocycles. The fraction of sp³-hybridized carbons (Fsp3) is 1.00. The molecule has 4 rings (SSSR count). The molecule has 0 aromatic rings. The number of hydrogen-bond donors (Lipinski definition) is 2. The van der Waals surface area contributed by atoms with E-state index < -0.39 is 7.44 Å². The van der Waals surface area contributed by atoms with Crippen LogP contribution in [-0.4, -0.2) is 11.2 Å². The molecule has 0 spiro atoms. The van der Waals surface area contributed by atoms with E-state index in [0.717, 1.165) is 37.0 Å². The molecule has 1 atom stereocenters. The van der Waals surface area contributed by atoms with Gasteiger partial charge < -0.3 is 0 Å². The lowest BCUT2D eigenvalue weighted by molar-refractivity contribution is -0.00844. The van der Waals surface area contributed by atoms with Crippen molar-refractivity contribution >= 4 is 19.0 Å². The molecule has 0 heterocycles. The van der Waals surface area contributed by atoms with Crippen LogP contribution in [0.4, 0.5) is 0 Å². The van der Waals surface area contributed by atoms with Gasteiger partial charge in [0.15, 0.2) is 0 Å². The summed E-state index contributed by atoms with van der Waals surface area (Å²) in [6.07, 6.45) is 7.65. The molecule has 4 bridgehead atoms. The van der Waals surface area contributed by atoms with Crippen LogP contribution < -0.4 is 10.6 Å². The first kappa shape index (κ1) is 11.5. The highest BCUT2D eigenvalue weighted by molar-refractivity contribution is 7.61. The van der Waals surface area contributed by atoms with Crippen molar-refractivity contribution in [1.29, 1.82) is 0 Å². The van der Waals surface area contributed by atoms with Crippen molar-refractivity contribution < 1.29 is 4.57 Å². The molecular weight excluding hydrogens is 243 g/mol. The van der Waals surface area contributed by atoms with Crippen molar-refractivity contribution in [1.82, 2.24) is 5.09 Å². The van der Waals surface area contributed by atoms with Gasteiger partial charge in [-0.15, -0.1) is 11.6 Å². The van der Waals surface area contributed by atoms with Crippen LogP contribution in [0.25, 0.3) is 0 Å². The standard InChI is InChI=1S/C11H20ClN2OP/c12-7-16(13,15)14-11-4-8-1-9(5-11)3-10(2-8)6-11/h8-10H,1-7H2,(H3,13,14,15). The number of alkyl halides is 1. The molecule has 3 N–H and O–H groups in total.